The van der Waals surface area contributed by atoms with Gasteiger partial charge in [0, 0.05) is 19.3 Å². The molecule has 2 rings (SSSR count). The predicted octanol–water partition coefficient (Wildman–Crippen LogP) is 1.05. The van der Waals surface area contributed by atoms with Crippen LogP contribution in [0.25, 0.3) is 0 Å². The molecule has 0 spiro atoms. The maximum absolute atomic E-state index is 5.62. The summed E-state index contributed by atoms with van der Waals surface area (Å²) in [5.41, 5.74) is 2.27. The molecule has 0 radical (unpaired) electrons. The second-order valence-electron chi connectivity index (χ2n) is 3.27. The second-order valence-corrected chi connectivity index (χ2v) is 3.27. The average molecular weight is 178 g/mol. The maximum atomic E-state index is 5.62. The normalized spacial score (nSPS) is 23.0. The number of aromatic nitrogens is 1. The van der Waals surface area contributed by atoms with Crippen molar-refractivity contribution in [2.24, 2.45) is 0 Å². The van der Waals surface area contributed by atoms with Gasteiger partial charge in [-0.05, 0) is 18.6 Å². The number of aryl methyl sites for hydroxylation is 1. The maximum Gasteiger partial charge on any atom is 0.112 e. The van der Waals surface area contributed by atoms with E-state index >= 15 is 0 Å². The van der Waals surface area contributed by atoms with Crippen LogP contribution >= 0.6 is 0 Å². The fourth-order valence-electron chi connectivity index (χ4n) is 1.58. The van der Waals surface area contributed by atoms with Crippen molar-refractivity contribution in [3.8, 4) is 0 Å². The fourth-order valence-corrected chi connectivity index (χ4v) is 1.58. The minimum atomic E-state index is 0.134. The van der Waals surface area contributed by atoms with E-state index < -0.39 is 0 Å². The van der Waals surface area contributed by atoms with Crippen molar-refractivity contribution in [2.45, 2.75) is 13.0 Å². The fraction of sp³-hybridized carbons (Fsp3) is 0.500. The Bertz CT molecular complexity index is 282. The molecule has 1 atom stereocenters. The number of hydrogen-bond acceptors (Lipinski definition) is 3. The summed E-state index contributed by atoms with van der Waals surface area (Å²) in [5.74, 6) is 0. The molecule has 3 heteroatoms. The molecule has 0 bridgehead atoms. The third-order valence-corrected chi connectivity index (χ3v) is 2.28. The molecule has 1 fully saturated rings. The van der Waals surface area contributed by atoms with Crippen molar-refractivity contribution >= 4 is 0 Å². The van der Waals surface area contributed by atoms with E-state index in [1.807, 2.05) is 12.3 Å². The summed E-state index contributed by atoms with van der Waals surface area (Å²) in [4.78, 5) is 4.34. The number of ether oxygens (including phenoxy) is 1. The van der Waals surface area contributed by atoms with Crippen LogP contribution in [0.4, 0.5) is 0 Å². The first-order chi connectivity index (χ1) is 6.38. The van der Waals surface area contributed by atoms with Crippen LogP contribution in [-0.2, 0) is 4.74 Å². The van der Waals surface area contributed by atoms with E-state index in [9.17, 15) is 0 Å². The summed E-state index contributed by atoms with van der Waals surface area (Å²) in [6.45, 7) is 4.67. The number of nitrogens with zero attached hydrogens (tertiary/aromatic N) is 1. The van der Waals surface area contributed by atoms with Crippen molar-refractivity contribution < 1.29 is 4.74 Å². The van der Waals surface area contributed by atoms with Crippen molar-refractivity contribution in [3.05, 3.63) is 29.6 Å². The zero-order valence-corrected chi connectivity index (χ0v) is 7.79. The van der Waals surface area contributed by atoms with Gasteiger partial charge in [0.15, 0.2) is 0 Å². The predicted molar refractivity (Wildman–Crippen MR) is 50.5 cm³/mol. The molecule has 1 aliphatic heterocycles. The summed E-state index contributed by atoms with van der Waals surface area (Å²) in [7, 11) is 0. The van der Waals surface area contributed by atoms with Crippen LogP contribution < -0.4 is 5.32 Å². The van der Waals surface area contributed by atoms with Gasteiger partial charge < -0.3 is 10.1 Å². The topological polar surface area (TPSA) is 34.2 Å². The number of nitrogens with one attached hydrogen (secondary N) is 1. The van der Waals surface area contributed by atoms with Gasteiger partial charge in [-0.1, -0.05) is 6.07 Å². The number of pyridine rings is 1. The molecule has 0 unspecified atom stereocenters. The Hall–Kier alpha value is -0.930. The molecular formula is C10H14N2O. The van der Waals surface area contributed by atoms with Gasteiger partial charge in [-0.3, -0.25) is 4.98 Å². The summed E-state index contributed by atoms with van der Waals surface area (Å²) >= 11 is 0. The average Bonchev–Trinajstić information content (AvgIpc) is 2.20. The lowest BCUT2D eigenvalue weighted by Crippen LogP contribution is -2.34. The SMILES string of the molecule is Cc1cccnc1[C@@H]1CNCCO1. The molecule has 0 aliphatic carbocycles. The van der Waals surface area contributed by atoms with Gasteiger partial charge in [-0.25, -0.2) is 0 Å². The van der Waals surface area contributed by atoms with Crippen LogP contribution in [0.3, 0.4) is 0 Å². The van der Waals surface area contributed by atoms with E-state index in [4.69, 9.17) is 4.74 Å². The molecule has 1 aromatic heterocycles. The third kappa shape index (κ3) is 1.87. The Balaban J connectivity index is 2.18. The van der Waals surface area contributed by atoms with E-state index in [0.717, 1.165) is 25.4 Å². The van der Waals surface area contributed by atoms with Crippen molar-refractivity contribution in [2.75, 3.05) is 19.7 Å². The second kappa shape index (κ2) is 3.85. The highest BCUT2D eigenvalue weighted by Gasteiger charge is 2.17. The highest BCUT2D eigenvalue weighted by molar-refractivity contribution is 5.20. The largest absolute Gasteiger partial charge is 0.369 e. The van der Waals surface area contributed by atoms with Crippen LogP contribution in [-0.4, -0.2) is 24.7 Å². The zero-order valence-electron chi connectivity index (χ0n) is 7.79. The minimum absolute atomic E-state index is 0.134. The molecule has 0 saturated carbocycles. The molecule has 1 N–H and O–H groups in total. The lowest BCUT2D eigenvalue weighted by Gasteiger charge is -2.24. The number of morpholine rings is 1. The molecule has 1 aromatic rings. The Morgan fingerprint density at radius 3 is 3.23 bits per heavy atom. The molecule has 3 nitrogen and oxygen atoms in total. The van der Waals surface area contributed by atoms with Crippen LogP contribution in [0.5, 0.6) is 0 Å². The standard InChI is InChI=1S/C10H14N2O/c1-8-3-2-4-12-10(8)9-7-11-5-6-13-9/h2-4,9,11H,5-7H2,1H3/t9-/m0/s1. The minimum Gasteiger partial charge on any atom is -0.369 e. The van der Waals surface area contributed by atoms with Gasteiger partial charge in [0.25, 0.3) is 0 Å². The lowest BCUT2D eigenvalue weighted by atomic mass is 10.1. The van der Waals surface area contributed by atoms with E-state index in [2.05, 4.69) is 23.3 Å². The summed E-state index contributed by atoms with van der Waals surface area (Å²) in [6.07, 6.45) is 1.95. The first-order valence-corrected chi connectivity index (χ1v) is 4.62. The molecule has 2 heterocycles. The summed E-state index contributed by atoms with van der Waals surface area (Å²) in [6, 6.07) is 4.02. The molecular weight excluding hydrogens is 164 g/mol. The zero-order chi connectivity index (χ0) is 9.10. The molecule has 0 aromatic carbocycles. The first-order valence-electron chi connectivity index (χ1n) is 4.62. The van der Waals surface area contributed by atoms with Gasteiger partial charge in [0.1, 0.15) is 6.10 Å². The number of rotatable bonds is 1. The molecule has 13 heavy (non-hydrogen) atoms. The van der Waals surface area contributed by atoms with Gasteiger partial charge in [-0.2, -0.15) is 0 Å². The van der Waals surface area contributed by atoms with Gasteiger partial charge in [0.05, 0.1) is 12.3 Å². The van der Waals surface area contributed by atoms with E-state index in [0.29, 0.717) is 0 Å². The van der Waals surface area contributed by atoms with Crippen LogP contribution in [0.2, 0.25) is 0 Å². The van der Waals surface area contributed by atoms with Crippen LogP contribution in [0, 0.1) is 6.92 Å². The highest BCUT2D eigenvalue weighted by Crippen LogP contribution is 2.19. The molecule has 1 aliphatic rings. The summed E-state index contributed by atoms with van der Waals surface area (Å²) in [5, 5.41) is 3.30. The summed E-state index contributed by atoms with van der Waals surface area (Å²) < 4.78 is 5.62. The Morgan fingerprint density at radius 1 is 1.62 bits per heavy atom. The van der Waals surface area contributed by atoms with Gasteiger partial charge in [-0.15, -0.1) is 0 Å². The monoisotopic (exact) mass is 178 g/mol. The lowest BCUT2D eigenvalue weighted by molar-refractivity contribution is 0.0246. The molecule has 1 saturated heterocycles. The Kier molecular flexibility index (Phi) is 2.57. The first kappa shape index (κ1) is 8.66. The van der Waals surface area contributed by atoms with Crippen molar-refractivity contribution in [3.63, 3.8) is 0 Å². The van der Waals surface area contributed by atoms with Gasteiger partial charge in [0.2, 0.25) is 0 Å². The third-order valence-electron chi connectivity index (χ3n) is 2.28. The van der Waals surface area contributed by atoms with Gasteiger partial charge >= 0.3 is 0 Å². The number of hydrogen-bond donors (Lipinski definition) is 1. The quantitative estimate of drug-likeness (QED) is 0.698. The Labute approximate surface area is 78.1 Å². The van der Waals surface area contributed by atoms with E-state index in [1.54, 1.807) is 0 Å². The van der Waals surface area contributed by atoms with E-state index in [-0.39, 0.29) is 6.10 Å². The van der Waals surface area contributed by atoms with Crippen LogP contribution in [0.15, 0.2) is 18.3 Å². The highest BCUT2D eigenvalue weighted by atomic mass is 16.5. The Morgan fingerprint density at radius 2 is 2.54 bits per heavy atom. The van der Waals surface area contributed by atoms with Crippen molar-refractivity contribution in [1.29, 1.82) is 0 Å². The molecule has 70 valence electrons. The van der Waals surface area contributed by atoms with Crippen LogP contribution in [0.1, 0.15) is 17.4 Å². The smallest absolute Gasteiger partial charge is 0.112 e. The van der Waals surface area contributed by atoms with Crippen molar-refractivity contribution in [1.82, 2.24) is 10.3 Å². The van der Waals surface area contributed by atoms with E-state index in [1.165, 1.54) is 5.56 Å². The molecule has 0 amide bonds.